The molecule has 5 heteroatoms. The van der Waals surface area contributed by atoms with E-state index in [2.05, 4.69) is 14.9 Å². The van der Waals surface area contributed by atoms with Gasteiger partial charge in [-0.2, -0.15) is 0 Å². The first-order valence-corrected chi connectivity index (χ1v) is 6.54. The second-order valence-corrected chi connectivity index (χ2v) is 4.58. The molecule has 100 valence electrons. The summed E-state index contributed by atoms with van der Waals surface area (Å²) < 4.78 is 5.63. The summed E-state index contributed by atoms with van der Waals surface area (Å²) in [4.78, 5) is 11.0. The molecule has 1 fully saturated rings. The summed E-state index contributed by atoms with van der Waals surface area (Å²) in [6, 6.07) is 0. The molecule has 0 amide bonds. The molecule has 1 aliphatic rings. The lowest BCUT2D eigenvalue weighted by molar-refractivity contribution is 0.0457. The monoisotopic (exact) mass is 251 g/mol. The molecule has 1 N–H and O–H groups in total. The summed E-state index contributed by atoms with van der Waals surface area (Å²) in [5.74, 6) is 0.764. The molecule has 1 saturated heterocycles. The van der Waals surface area contributed by atoms with E-state index in [9.17, 15) is 0 Å². The first-order valence-electron chi connectivity index (χ1n) is 6.54. The largest absolute Gasteiger partial charge is 0.392 e. The number of hydrogen-bond acceptors (Lipinski definition) is 5. The van der Waals surface area contributed by atoms with Gasteiger partial charge in [0.15, 0.2) is 0 Å². The SMILES string of the molecule is CCOC1CCN(c2ncc(CO)c(C)n2)CC1. The first kappa shape index (κ1) is 13.2. The Morgan fingerprint density at radius 1 is 1.44 bits per heavy atom. The number of nitrogens with zero attached hydrogens (tertiary/aromatic N) is 3. The molecule has 0 saturated carbocycles. The van der Waals surface area contributed by atoms with Gasteiger partial charge in [0.2, 0.25) is 5.95 Å². The fourth-order valence-electron chi connectivity index (χ4n) is 2.25. The van der Waals surface area contributed by atoms with Crippen molar-refractivity contribution in [1.82, 2.24) is 9.97 Å². The van der Waals surface area contributed by atoms with Crippen LogP contribution in [0.1, 0.15) is 31.0 Å². The summed E-state index contributed by atoms with van der Waals surface area (Å²) in [5, 5.41) is 9.10. The Bertz CT molecular complexity index is 390. The topological polar surface area (TPSA) is 58.5 Å². The molecular weight excluding hydrogens is 230 g/mol. The van der Waals surface area contributed by atoms with Crippen LogP contribution in [-0.2, 0) is 11.3 Å². The summed E-state index contributed by atoms with van der Waals surface area (Å²) in [6.45, 7) is 6.59. The van der Waals surface area contributed by atoms with Crippen LogP contribution in [0.4, 0.5) is 5.95 Å². The summed E-state index contributed by atoms with van der Waals surface area (Å²) >= 11 is 0. The molecule has 2 rings (SSSR count). The average Bonchev–Trinajstić information content (AvgIpc) is 2.40. The number of hydrogen-bond donors (Lipinski definition) is 1. The fraction of sp³-hybridized carbons (Fsp3) is 0.692. The highest BCUT2D eigenvalue weighted by Gasteiger charge is 2.21. The molecule has 0 spiro atoms. The van der Waals surface area contributed by atoms with Crippen molar-refractivity contribution >= 4 is 5.95 Å². The number of ether oxygens (including phenoxy) is 1. The van der Waals surface area contributed by atoms with E-state index in [-0.39, 0.29) is 6.61 Å². The zero-order valence-electron chi connectivity index (χ0n) is 11.1. The standard InChI is InChI=1S/C13H21N3O2/c1-3-18-12-4-6-16(7-5-12)13-14-8-11(9-17)10(2)15-13/h8,12,17H,3-7,9H2,1-2H3. The van der Waals surface area contributed by atoms with E-state index in [4.69, 9.17) is 9.84 Å². The summed E-state index contributed by atoms with van der Waals surface area (Å²) in [7, 11) is 0. The van der Waals surface area contributed by atoms with Crippen molar-refractivity contribution in [3.05, 3.63) is 17.5 Å². The van der Waals surface area contributed by atoms with Gasteiger partial charge in [-0.3, -0.25) is 0 Å². The Morgan fingerprint density at radius 2 is 2.17 bits per heavy atom. The highest BCUT2D eigenvalue weighted by atomic mass is 16.5. The normalized spacial score (nSPS) is 17.2. The number of aliphatic hydroxyl groups excluding tert-OH is 1. The van der Waals surface area contributed by atoms with Crippen molar-refractivity contribution in [3.8, 4) is 0 Å². The lowest BCUT2D eigenvalue weighted by Gasteiger charge is -2.31. The van der Waals surface area contributed by atoms with Crippen LogP contribution in [0, 0.1) is 6.92 Å². The minimum Gasteiger partial charge on any atom is -0.392 e. The van der Waals surface area contributed by atoms with Crippen LogP contribution in [0.3, 0.4) is 0 Å². The number of aryl methyl sites for hydroxylation is 1. The third-order valence-corrected chi connectivity index (χ3v) is 3.37. The molecule has 1 aromatic rings. The van der Waals surface area contributed by atoms with Gasteiger partial charge in [0.05, 0.1) is 12.7 Å². The third kappa shape index (κ3) is 2.97. The van der Waals surface area contributed by atoms with E-state index in [1.165, 1.54) is 0 Å². The van der Waals surface area contributed by atoms with Crippen molar-refractivity contribution in [2.24, 2.45) is 0 Å². The molecule has 2 heterocycles. The summed E-state index contributed by atoms with van der Waals surface area (Å²) in [6.07, 6.45) is 4.14. The molecule has 0 bridgehead atoms. The van der Waals surface area contributed by atoms with Crippen molar-refractivity contribution in [1.29, 1.82) is 0 Å². The minimum absolute atomic E-state index is 0.00146. The Morgan fingerprint density at radius 3 is 2.72 bits per heavy atom. The number of piperidine rings is 1. The van der Waals surface area contributed by atoms with Gasteiger partial charge in [-0.05, 0) is 26.7 Å². The van der Waals surface area contributed by atoms with E-state index in [1.807, 2.05) is 13.8 Å². The molecule has 1 aliphatic heterocycles. The molecule has 0 atom stereocenters. The second-order valence-electron chi connectivity index (χ2n) is 4.58. The fourth-order valence-corrected chi connectivity index (χ4v) is 2.25. The zero-order valence-corrected chi connectivity index (χ0v) is 11.1. The summed E-state index contributed by atoms with van der Waals surface area (Å²) in [5.41, 5.74) is 1.65. The Labute approximate surface area is 108 Å². The van der Waals surface area contributed by atoms with Crippen LogP contribution in [0.25, 0.3) is 0 Å². The predicted octanol–water partition coefficient (Wildman–Crippen LogP) is 1.28. The smallest absolute Gasteiger partial charge is 0.225 e. The number of aromatic nitrogens is 2. The second kappa shape index (κ2) is 6.11. The van der Waals surface area contributed by atoms with Gasteiger partial charge in [0, 0.05) is 37.2 Å². The molecule has 1 aromatic heterocycles. The number of anilines is 1. The molecule has 18 heavy (non-hydrogen) atoms. The zero-order chi connectivity index (χ0) is 13.0. The van der Waals surface area contributed by atoms with Gasteiger partial charge in [-0.15, -0.1) is 0 Å². The molecule has 0 aromatic carbocycles. The van der Waals surface area contributed by atoms with Crippen LogP contribution in [0.5, 0.6) is 0 Å². The van der Waals surface area contributed by atoms with Gasteiger partial charge >= 0.3 is 0 Å². The third-order valence-electron chi connectivity index (χ3n) is 3.37. The minimum atomic E-state index is -0.00146. The van der Waals surface area contributed by atoms with E-state index in [1.54, 1.807) is 6.20 Å². The maximum absolute atomic E-state index is 9.10. The molecular formula is C13H21N3O2. The van der Waals surface area contributed by atoms with E-state index in [0.29, 0.717) is 6.10 Å². The van der Waals surface area contributed by atoms with Crippen LogP contribution in [0.2, 0.25) is 0 Å². The highest BCUT2D eigenvalue weighted by molar-refractivity contribution is 5.33. The van der Waals surface area contributed by atoms with E-state index < -0.39 is 0 Å². The molecule has 0 aliphatic carbocycles. The Hall–Kier alpha value is -1.20. The Balaban J connectivity index is 1.99. The molecule has 5 nitrogen and oxygen atoms in total. The number of rotatable bonds is 4. The molecule has 0 radical (unpaired) electrons. The van der Waals surface area contributed by atoms with Gasteiger partial charge < -0.3 is 14.7 Å². The lowest BCUT2D eigenvalue weighted by atomic mass is 10.1. The van der Waals surface area contributed by atoms with Crippen LogP contribution in [0.15, 0.2) is 6.20 Å². The highest BCUT2D eigenvalue weighted by Crippen LogP contribution is 2.19. The van der Waals surface area contributed by atoms with Gasteiger partial charge in [-0.1, -0.05) is 0 Å². The molecule has 0 unspecified atom stereocenters. The first-order chi connectivity index (χ1) is 8.74. The maximum atomic E-state index is 9.10. The maximum Gasteiger partial charge on any atom is 0.225 e. The van der Waals surface area contributed by atoms with Crippen molar-refractivity contribution < 1.29 is 9.84 Å². The van der Waals surface area contributed by atoms with Crippen molar-refractivity contribution in [2.45, 2.75) is 39.4 Å². The van der Waals surface area contributed by atoms with Crippen LogP contribution < -0.4 is 4.90 Å². The van der Waals surface area contributed by atoms with E-state index in [0.717, 1.165) is 49.7 Å². The van der Waals surface area contributed by atoms with Gasteiger partial charge in [-0.25, -0.2) is 9.97 Å². The van der Waals surface area contributed by atoms with Crippen molar-refractivity contribution in [2.75, 3.05) is 24.6 Å². The number of aliphatic hydroxyl groups is 1. The lowest BCUT2D eigenvalue weighted by Crippen LogP contribution is -2.38. The van der Waals surface area contributed by atoms with Crippen molar-refractivity contribution in [3.63, 3.8) is 0 Å². The average molecular weight is 251 g/mol. The van der Waals surface area contributed by atoms with Gasteiger partial charge in [0.1, 0.15) is 0 Å². The van der Waals surface area contributed by atoms with Crippen LogP contribution in [-0.4, -0.2) is 40.9 Å². The van der Waals surface area contributed by atoms with E-state index >= 15 is 0 Å². The predicted molar refractivity (Wildman–Crippen MR) is 69.6 cm³/mol. The van der Waals surface area contributed by atoms with Crippen LogP contribution >= 0.6 is 0 Å². The Kier molecular flexibility index (Phi) is 4.49. The quantitative estimate of drug-likeness (QED) is 0.873. The van der Waals surface area contributed by atoms with Gasteiger partial charge in [0.25, 0.3) is 0 Å².